The molecule has 1 saturated heterocycles. The quantitative estimate of drug-likeness (QED) is 0.752. The Morgan fingerprint density at radius 3 is 2.84 bits per heavy atom. The largest absolute Gasteiger partial charge is 0.503 e. The molecule has 32 heavy (non-hydrogen) atoms. The van der Waals surface area contributed by atoms with Crippen molar-refractivity contribution in [3.05, 3.63) is 63.1 Å². The van der Waals surface area contributed by atoms with Gasteiger partial charge in [0.05, 0.1) is 12.6 Å². The normalized spacial score (nSPS) is 24.0. The summed E-state index contributed by atoms with van der Waals surface area (Å²) in [5.74, 6) is -3.72. The van der Waals surface area contributed by atoms with Gasteiger partial charge < -0.3 is 24.6 Å². The highest BCUT2D eigenvalue weighted by Gasteiger charge is 2.46. The van der Waals surface area contributed by atoms with Crippen LogP contribution in [-0.4, -0.2) is 44.8 Å². The van der Waals surface area contributed by atoms with Crippen LogP contribution in [0.5, 0.6) is 5.75 Å². The van der Waals surface area contributed by atoms with Gasteiger partial charge in [-0.3, -0.25) is 14.4 Å². The Balaban J connectivity index is 1.43. The van der Waals surface area contributed by atoms with Gasteiger partial charge in [0.25, 0.3) is 11.8 Å². The molecule has 10 heteroatoms. The summed E-state index contributed by atoms with van der Waals surface area (Å²) in [6, 6.07) is 2.93. The molecule has 1 aromatic carbocycles. The van der Waals surface area contributed by atoms with Crippen LogP contribution in [0, 0.1) is 11.6 Å². The molecule has 2 aromatic rings. The van der Waals surface area contributed by atoms with Crippen molar-refractivity contribution in [2.24, 2.45) is 0 Å². The van der Waals surface area contributed by atoms with Gasteiger partial charge in [0.2, 0.25) is 5.43 Å². The first kappa shape index (κ1) is 20.6. The van der Waals surface area contributed by atoms with Crippen LogP contribution in [0.4, 0.5) is 8.78 Å². The number of hydrogen-bond acceptors (Lipinski definition) is 5. The van der Waals surface area contributed by atoms with Crippen LogP contribution < -0.4 is 10.7 Å². The molecule has 1 saturated carbocycles. The zero-order valence-corrected chi connectivity index (χ0v) is 17.0. The van der Waals surface area contributed by atoms with E-state index in [1.807, 2.05) is 0 Å². The van der Waals surface area contributed by atoms with Gasteiger partial charge in [-0.15, -0.1) is 0 Å². The summed E-state index contributed by atoms with van der Waals surface area (Å²) in [6.45, 7) is -0.108. The molecule has 2 amide bonds. The summed E-state index contributed by atoms with van der Waals surface area (Å²) in [4.78, 5) is 40.0. The van der Waals surface area contributed by atoms with E-state index in [1.54, 1.807) is 4.90 Å². The van der Waals surface area contributed by atoms with Gasteiger partial charge in [0.1, 0.15) is 17.2 Å². The number of aromatic hydroxyl groups is 1. The van der Waals surface area contributed by atoms with Gasteiger partial charge in [-0.25, -0.2) is 8.78 Å². The van der Waals surface area contributed by atoms with Gasteiger partial charge in [0.15, 0.2) is 17.7 Å². The third kappa shape index (κ3) is 3.35. The van der Waals surface area contributed by atoms with Crippen LogP contribution in [0.15, 0.2) is 29.2 Å². The predicted molar refractivity (Wildman–Crippen MR) is 107 cm³/mol. The fourth-order valence-corrected chi connectivity index (χ4v) is 4.85. The molecule has 1 unspecified atom stereocenters. The lowest BCUT2D eigenvalue weighted by molar-refractivity contribution is -0.170. The molecular weight excluding hydrogens is 424 g/mol. The Hall–Kier alpha value is -3.27. The summed E-state index contributed by atoms with van der Waals surface area (Å²) in [5.41, 5.74) is -1.50. The number of carbonyl (C=O) groups excluding carboxylic acids is 2. The fraction of sp³-hybridized carbons (Fsp3) is 0.409. The Morgan fingerprint density at radius 2 is 2.06 bits per heavy atom. The summed E-state index contributed by atoms with van der Waals surface area (Å²) >= 11 is 0. The minimum absolute atomic E-state index is 0.00293. The van der Waals surface area contributed by atoms with E-state index in [9.17, 15) is 28.3 Å². The lowest BCUT2D eigenvalue weighted by Gasteiger charge is -2.50. The third-order valence-electron chi connectivity index (χ3n) is 6.40. The highest BCUT2D eigenvalue weighted by atomic mass is 19.1. The second-order valence-corrected chi connectivity index (χ2v) is 8.39. The van der Waals surface area contributed by atoms with E-state index in [2.05, 4.69) is 5.32 Å². The Morgan fingerprint density at radius 1 is 1.25 bits per heavy atom. The maximum absolute atomic E-state index is 13.8. The maximum Gasteiger partial charge on any atom is 0.276 e. The number of pyridine rings is 1. The standard InChI is InChI=1S/C22H21F2N3O5/c23-12-5-4-11(16(24)6-12)8-25-21(30)15-9-26-10-17-27(13-2-1-3-14(7-13)32-17)22(31)18(26)20(29)19(15)28/h4-6,9,13-14,17,29H,1-3,7-8,10H2,(H,25,30)/t13-,14+,17?/m0/s1. The Bertz CT molecular complexity index is 1180. The molecular formula is C22H21F2N3O5. The second kappa shape index (κ2) is 7.70. The minimum Gasteiger partial charge on any atom is -0.503 e. The number of amides is 2. The molecule has 2 aliphatic heterocycles. The van der Waals surface area contributed by atoms with E-state index in [0.29, 0.717) is 6.07 Å². The number of hydrogen-bond donors (Lipinski definition) is 2. The molecule has 168 valence electrons. The smallest absolute Gasteiger partial charge is 0.276 e. The monoisotopic (exact) mass is 445 g/mol. The van der Waals surface area contributed by atoms with E-state index in [4.69, 9.17) is 4.74 Å². The van der Waals surface area contributed by atoms with Crippen molar-refractivity contribution in [1.82, 2.24) is 14.8 Å². The SMILES string of the molecule is O=C(NCc1ccc(F)cc1F)c1cn2c(c(O)c1=O)C(=O)N1C(C2)O[C@@H]2CCC[C@H]1C2. The van der Waals surface area contributed by atoms with Crippen LogP contribution in [0.2, 0.25) is 0 Å². The zero-order chi connectivity index (χ0) is 22.6. The highest BCUT2D eigenvalue weighted by Crippen LogP contribution is 2.37. The molecule has 0 spiro atoms. The first-order valence-electron chi connectivity index (χ1n) is 10.5. The summed E-state index contributed by atoms with van der Waals surface area (Å²) in [6.07, 6.45) is 4.18. The molecule has 8 nitrogen and oxygen atoms in total. The maximum atomic E-state index is 13.8. The molecule has 2 bridgehead atoms. The number of rotatable bonds is 3. The lowest BCUT2D eigenvalue weighted by atomic mass is 9.89. The Labute approximate surface area is 181 Å². The van der Waals surface area contributed by atoms with Crippen LogP contribution in [0.1, 0.15) is 52.1 Å². The second-order valence-electron chi connectivity index (χ2n) is 8.39. The van der Waals surface area contributed by atoms with E-state index in [0.717, 1.165) is 31.7 Å². The van der Waals surface area contributed by atoms with Crippen LogP contribution in [0.25, 0.3) is 0 Å². The number of aromatic nitrogens is 1. The van der Waals surface area contributed by atoms with Gasteiger partial charge in [-0.1, -0.05) is 6.07 Å². The average molecular weight is 445 g/mol. The van der Waals surface area contributed by atoms with E-state index in [1.165, 1.54) is 16.8 Å². The van der Waals surface area contributed by atoms with Crippen molar-refractivity contribution in [1.29, 1.82) is 0 Å². The number of fused-ring (bicyclic) bond motifs is 5. The molecule has 2 N–H and O–H groups in total. The first-order chi connectivity index (χ1) is 15.3. The lowest BCUT2D eigenvalue weighted by Crippen LogP contribution is -2.60. The van der Waals surface area contributed by atoms with Crippen LogP contribution >= 0.6 is 0 Å². The van der Waals surface area contributed by atoms with E-state index >= 15 is 0 Å². The van der Waals surface area contributed by atoms with E-state index in [-0.39, 0.29) is 42.1 Å². The number of ether oxygens (including phenoxy) is 1. The fourth-order valence-electron chi connectivity index (χ4n) is 4.85. The average Bonchev–Trinajstić information content (AvgIpc) is 2.75. The van der Waals surface area contributed by atoms with Crippen molar-refractivity contribution in [2.45, 2.75) is 57.1 Å². The molecule has 5 rings (SSSR count). The number of nitrogens with one attached hydrogen (secondary N) is 1. The molecule has 3 aliphatic rings. The molecule has 3 heterocycles. The Kier molecular flexibility index (Phi) is 4.96. The van der Waals surface area contributed by atoms with Gasteiger partial charge >= 0.3 is 0 Å². The van der Waals surface area contributed by atoms with Gasteiger partial charge in [-0.2, -0.15) is 0 Å². The predicted octanol–water partition coefficient (Wildman–Crippen LogP) is 1.89. The summed E-state index contributed by atoms with van der Waals surface area (Å²) < 4.78 is 34.3. The van der Waals surface area contributed by atoms with Crippen molar-refractivity contribution in [2.75, 3.05) is 0 Å². The molecule has 0 radical (unpaired) electrons. The highest BCUT2D eigenvalue weighted by molar-refractivity contribution is 5.99. The van der Waals surface area contributed by atoms with Gasteiger partial charge in [0, 0.05) is 30.4 Å². The van der Waals surface area contributed by atoms with Crippen LogP contribution in [-0.2, 0) is 17.8 Å². The third-order valence-corrected chi connectivity index (χ3v) is 6.40. The number of halogens is 2. The molecule has 3 atom stereocenters. The topological polar surface area (TPSA) is 101 Å². The number of benzene rings is 1. The molecule has 1 aromatic heterocycles. The molecule has 2 fully saturated rings. The minimum atomic E-state index is -0.987. The van der Waals surface area contributed by atoms with Crippen molar-refractivity contribution < 1.29 is 28.2 Å². The zero-order valence-electron chi connectivity index (χ0n) is 17.0. The first-order valence-corrected chi connectivity index (χ1v) is 10.5. The summed E-state index contributed by atoms with van der Waals surface area (Å²) in [5, 5.41) is 12.9. The molecule has 1 aliphatic carbocycles. The number of carbonyl (C=O) groups is 2. The van der Waals surface area contributed by atoms with Crippen LogP contribution in [0.3, 0.4) is 0 Å². The number of nitrogens with zero attached hydrogens (tertiary/aromatic N) is 2. The van der Waals surface area contributed by atoms with E-state index < -0.39 is 40.9 Å². The van der Waals surface area contributed by atoms with Crippen molar-refractivity contribution in [3.8, 4) is 5.75 Å². The van der Waals surface area contributed by atoms with Crippen molar-refractivity contribution >= 4 is 11.8 Å². The van der Waals surface area contributed by atoms with Crippen molar-refractivity contribution in [3.63, 3.8) is 0 Å². The van der Waals surface area contributed by atoms with Gasteiger partial charge in [-0.05, 0) is 31.7 Å². The summed E-state index contributed by atoms with van der Waals surface area (Å²) in [7, 11) is 0.